The Morgan fingerprint density at radius 3 is 2.14 bits per heavy atom. The van der Waals surface area contributed by atoms with Gasteiger partial charge in [0.25, 0.3) is 0 Å². The van der Waals surface area contributed by atoms with E-state index in [1.807, 2.05) is 60.7 Å². The van der Waals surface area contributed by atoms with Gasteiger partial charge in [-0.3, -0.25) is 0 Å². The van der Waals surface area contributed by atoms with Gasteiger partial charge in [0.2, 0.25) is 0 Å². The van der Waals surface area contributed by atoms with Gasteiger partial charge < -0.3 is 20.6 Å². The van der Waals surface area contributed by atoms with Crippen molar-refractivity contribution in [2.75, 3.05) is 14.1 Å². The molecule has 3 rings (SSSR count). The highest BCUT2D eigenvalue weighted by molar-refractivity contribution is 7.80. The maximum Gasteiger partial charge on any atom is 0.167 e. The van der Waals surface area contributed by atoms with Crippen molar-refractivity contribution in [2.24, 2.45) is 0 Å². The third-order valence-electron chi connectivity index (χ3n) is 5.61. The molecule has 0 bridgehead atoms. The molecule has 5 heteroatoms. The van der Waals surface area contributed by atoms with Crippen LogP contribution in [0, 0.1) is 0 Å². The van der Waals surface area contributed by atoms with Gasteiger partial charge in [0, 0.05) is 12.1 Å². The van der Waals surface area contributed by atoms with E-state index in [9.17, 15) is 5.11 Å². The molecule has 0 radical (unpaired) electrons. The van der Waals surface area contributed by atoms with Crippen LogP contribution in [-0.2, 0) is 0 Å². The van der Waals surface area contributed by atoms with E-state index in [2.05, 4.69) is 29.6 Å². The van der Waals surface area contributed by atoms with Crippen molar-refractivity contribution in [1.29, 1.82) is 0 Å². The Labute approximate surface area is 174 Å². The van der Waals surface area contributed by atoms with E-state index in [1.54, 1.807) is 0 Å². The Morgan fingerprint density at radius 1 is 0.964 bits per heavy atom. The summed E-state index contributed by atoms with van der Waals surface area (Å²) in [7, 11) is 4.26. The molecule has 0 spiro atoms. The van der Waals surface area contributed by atoms with E-state index in [-0.39, 0.29) is 6.04 Å². The molecule has 0 aromatic heterocycles. The number of hydrogen-bond acceptors (Lipinski definition) is 3. The zero-order valence-corrected chi connectivity index (χ0v) is 17.5. The van der Waals surface area contributed by atoms with E-state index < -0.39 is 6.10 Å². The molecule has 4 atom stereocenters. The molecule has 0 heterocycles. The summed E-state index contributed by atoms with van der Waals surface area (Å²) >= 11 is 5.67. The van der Waals surface area contributed by atoms with Crippen LogP contribution in [0.25, 0.3) is 0 Å². The van der Waals surface area contributed by atoms with Gasteiger partial charge in [0.15, 0.2) is 5.11 Å². The van der Waals surface area contributed by atoms with Crippen molar-refractivity contribution >= 4 is 17.3 Å². The lowest BCUT2D eigenvalue weighted by Crippen LogP contribution is -2.54. The van der Waals surface area contributed by atoms with Gasteiger partial charge >= 0.3 is 0 Å². The average molecular weight is 398 g/mol. The molecule has 2 aromatic carbocycles. The largest absolute Gasteiger partial charge is 0.386 e. The van der Waals surface area contributed by atoms with Crippen molar-refractivity contribution in [3.8, 4) is 0 Å². The van der Waals surface area contributed by atoms with Gasteiger partial charge in [-0.25, -0.2) is 0 Å². The summed E-state index contributed by atoms with van der Waals surface area (Å²) in [5.74, 6) is 0. The topological polar surface area (TPSA) is 47.5 Å². The molecular formula is C23H31N3OS. The minimum Gasteiger partial charge on any atom is -0.386 e. The number of aliphatic hydroxyl groups is 1. The lowest BCUT2D eigenvalue weighted by molar-refractivity contribution is 0.137. The second-order valence-corrected chi connectivity index (χ2v) is 8.19. The molecule has 1 fully saturated rings. The smallest absolute Gasteiger partial charge is 0.167 e. The molecule has 0 unspecified atom stereocenters. The summed E-state index contributed by atoms with van der Waals surface area (Å²) in [4.78, 5) is 2.28. The number of aliphatic hydroxyl groups excluding tert-OH is 1. The predicted molar refractivity (Wildman–Crippen MR) is 119 cm³/mol. The predicted octanol–water partition coefficient (Wildman–Crippen LogP) is 3.80. The molecular weight excluding hydrogens is 366 g/mol. The molecule has 0 aliphatic heterocycles. The fourth-order valence-corrected chi connectivity index (χ4v) is 4.37. The van der Waals surface area contributed by atoms with Crippen molar-refractivity contribution < 1.29 is 5.11 Å². The van der Waals surface area contributed by atoms with Gasteiger partial charge in [0.1, 0.15) is 6.10 Å². The Hall–Kier alpha value is -1.95. The highest BCUT2D eigenvalue weighted by Crippen LogP contribution is 2.29. The van der Waals surface area contributed by atoms with E-state index in [0.717, 1.165) is 17.5 Å². The molecule has 1 aliphatic carbocycles. The summed E-state index contributed by atoms with van der Waals surface area (Å²) in [5.41, 5.74) is 1.88. The monoisotopic (exact) mass is 397 g/mol. The quantitative estimate of drug-likeness (QED) is 0.647. The SMILES string of the molecule is CN(C)[C@H]1CCCC[C@@H]1NC(=S)N[C@H](c1ccccc1)[C@@H](O)c1ccccc1. The molecule has 28 heavy (non-hydrogen) atoms. The summed E-state index contributed by atoms with van der Waals surface area (Å²) < 4.78 is 0. The van der Waals surface area contributed by atoms with Crippen molar-refractivity contribution in [2.45, 2.75) is 49.9 Å². The Balaban J connectivity index is 1.75. The third kappa shape index (κ3) is 5.31. The van der Waals surface area contributed by atoms with Gasteiger partial charge in [0.05, 0.1) is 6.04 Å². The molecule has 150 valence electrons. The summed E-state index contributed by atoms with van der Waals surface area (Å²) in [5, 5.41) is 18.6. The van der Waals surface area contributed by atoms with Gasteiger partial charge in [-0.05, 0) is 50.3 Å². The molecule has 0 saturated heterocycles. The maximum atomic E-state index is 11.1. The average Bonchev–Trinajstić information content (AvgIpc) is 2.73. The number of rotatable bonds is 6. The molecule has 2 aromatic rings. The Bertz CT molecular complexity index is 738. The van der Waals surface area contributed by atoms with Crippen LogP contribution in [0.15, 0.2) is 60.7 Å². The lowest BCUT2D eigenvalue weighted by Gasteiger charge is -2.38. The van der Waals surface area contributed by atoms with E-state index in [1.165, 1.54) is 19.3 Å². The Kier molecular flexibility index (Phi) is 7.43. The second-order valence-electron chi connectivity index (χ2n) is 7.78. The highest BCUT2D eigenvalue weighted by atomic mass is 32.1. The third-order valence-corrected chi connectivity index (χ3v) is 5.85. The first-order valence-electron chi connectivity index (χ1n) is 10.1. The zero-order chi connectivity index (χ0) is 19.9. The van der Waals surface area contributed by atoms with E-state index >= 15 is 0 Å². The van der Waals surface area contributed by atoms with Gasteiger partial charge in [-0.15, -0.1) is 0 Å². The van der Waals surface area contributed by atoms with E-state index in [0.29, 0.717) is 17.2 Å². The highest BCUT2D eigenvalue weighted by Gasteiger charge is 2.29. The van der Waals surface area contributed by atoms with E-state index in [4.69, 9.17) is 12.2 Å². The standard InChI is InChI=1S/C23H31N3OS/c1-26(2)20-16-10-9-15-19(20)24-23(28)25-21(17-11-5-3-6-12-17)22(27)18-13-7-4-8-14-18/h3-8,11-14,19-22,27H,9-10,15-16H2,1-2H3,(H2,24,25,28)/t19-,20-,21+,22-/m0/s1. The molecule has 1 aliphatic rings. The fourth-order valence-electron chi connectivity index (χ4n) is 4.10. The van der Waals surface area contributed by atoms with Crippen LogP contribution in [0.4, 0.5) is 0 Å². The number of hydrogen-bond donors (Lipinski definition) is 3. The number of nitrogens with one attached hydrogen (secondary N) is 2. The fraction of sp³-hybridized carbons (Fsp3) is 0.435. The normalized spacial score (nSPS) is 21.7. The van der Waals surface area contributed by atoms with Crippen molar-refractivity contribution in [1.82, 2.24) is 15.5 Å². The van der Waals surface area contributed by atoms with Crippen molar-refractivity contribution in [3.05, 3.63) is 71.8 Å². The Morgan fingerprint density at radius 2 is 1.54 bits per heavy atom. The first-order valence-corrected chi connectivity index (χ1v) is 10.5. The molecule has 0 amide bonds. The van der Waals surface area contributed by atoms with Gasteiger partial charge in [-0.1, -0.05) is 73.5 Å². The van der Waals surface area contributed by atoms with Crippen LogP contribution in [0.3, 0.4) is 0 Å². The number of benzene rings is 2. The zero-order valence-electron chi connectivity index (χ0n) is 16.7. The number of likely N-dealkylation sites (N-methyl/N-ethyl adjacent to an activating group) is 1. The van der Waals surface area contributed by atoms with Crippen LogP contribution in [0.1, 0.15) is 49.0 Å². The minimum atomic E-state index is -0.695. The summed E-state index contributed by atoms with van der Waals surface area (Å²) in [6.07, 6.45) is 4.09. The van der Waals surface area contributed by atoms with Crippen LogP contribution in [0.2, 0.25) is 0 Å². The van der Waals surface area contributed by atoms with Crippen LogP contribution in [-0.4, -0.2) is 41.3 Å². The van der Waals surface area contributed by atoms with Gasteiger partial charge in [-0.2, -0.15) is 0 Å². The minimum absolute atomic E-state index is 0.315. The molecule has 4 nitrogen and oxygen atoms in total. The number of nitrogens with zero attached hydrogens (tertiary/aromatic N) is 1. The summed E-state index contributed by atoms with van der Waals surface area (Å²) in [6.45, 7) is 0. The summed E-state index contributed by atoms with van der Waals surface area (Å²) in [6, 6.07) is 20.2. The number of thiocarbonyl (C=S) groups is 1. The first-order chi connectivity index (χ1) is 13.6. The first kappa shape index (κ1) is 20.8. The van der Waals surface area contributed by atoms with Crippen LogP contribution in [0.5, 0.6) is 0 Å². The lowest BCUT2D eigenvalue weighted by atomic mass is 9.89. The molecule has 3 N–H and O–H groups in total. The van der Waals surface area contributed by atoms with Crippen LogP contribution < -0.4 is 10.6 Å². The maximum absolute atomic E-state index is 11.1. The molecule has 1 saturated carbocycles. The second kappa shape index (κ2) is 10.0. The van der Waals surface area contributed by atoms with Crippen molar-refractivity contribution in [3.63, 3.8) is 0 Å². The van der Waals surface area contributed by atoms with Crippen LogP contribution >= 0.6 is 12.2 Å².